The van der Waals surface area contributed by atoms with E-state index in [4.69, 9.17) is 14.7 Å². The van der Waals surface area contributed by atoms with Gasteiger partial charge in [-0.05, 0) is 29.8 Å². The number of hydrogen-bond donors (Lipinski definition) is 0. The fraction of sp³-hybridized carbons (Fsp3) is 0.409. The summed E-state index contributed by atoms with van der Waals surface area (Å²) in [5, 5.41) is 8.87. The Morgan fingerprint density at radius 3 is 2.22 bits per heavy atom. The number of nitriles is 1. The van der Waals surface area contributed by atoms with Crippen molar-refractivity contribution in [3.05, 3.63) is 65.7 Å². The van der Waals surface area contributed by atoms with Gasteiger partial charge in [0.1, 0.15) is 12.4 Å². The zero-order valence-electron chi connectivity index (χ0n) is 15.7. The second kappa shape index (κ2) is 10.7. The zero-order chi connectivity index (χ0) is 18.7. The second-order valence-corrected chi connectivity index (χ2v) is 6.70. The van der Waals surface area contributed by atoms with Crippen LogP contribution < -0.4 is 4.74 Å². The lowest BCUT2D eigenvalue weighted by Crippen LogP contribution is -2.46. The summed E-state index contributed by atoms with van der Waals surface area (Å²) in [6.45, 7) is 8.14. The molecule has 1 aliphatic rings. The van der Waals surface area contributed by atoms with Crippen molar-refractivity contribution in [2.24, 2.45) is 0 Å². The van der Waals surface area contributed by atoms with Gasteiger partial charge in [-0.1, -0.05) is 30.3 Å². The van der Waals surface area contributed by atoms with Crippen LogP contribution in [0, 0.1) is 11.3 Å². The summed E-state index contributed by atoms with van der Waals surface area (Å²) in [4.78, 5) is 4.92. The first-order chi connectivity index (χ1) is 13.3. The fourth-order valence-corrected chi connectivity index (χ4v) is 3.14. The molecule has 1 aliphatic heterocycles. The first-order valence-corrected chi connectivity index (χ1v) is 9.53. The van der Waals surface area contributed by atoms with Crippen molar-refractivity contribution in [1.82, 2.24) is 9.80 Å². The van der Waals surface area contributed by atoms with Gasteiger partial charge in [0, 0.05) is 39.3 Å². The quantitative estimate of drug-likeness (QED) is 0.640. The smallest absolute Gasteiger partial charge is 0.119 e. The fourth-order valence-electron chi connectivity index (χ4n) is 3.14. The Balaban J connectivity index is 1.24. The van der Waals surface area contributed by atoms with Gasteiger partial charge in [0.2, 0.25) is 0 Å². The van der Waals surface area contributed by atoms with Crippen LogP contribution in [0.1, 0.15) is 11.1 Å². The predicted octanol–water partition coefficient (Wildman–Crippen LogP) is 2.77. The molecule has 5 heteroatoms. The van der Waals surface area contributed by atoms with E-state index in [1.54, 1.807) is 0 Å². The Bertz CT molecular complexity index is 705. The standard InChI is InChI=1S/C22H27N3O2/c23-18-20-6-8-21(9-7-20)19-25-12-10-24(11-13-25)14-15-26-16-17-27-22-4-2-1-3-5-22/h1-9H,10-17,19H2. The largest absolute Gasteiger partial charge is 0.491 e. The van der Waals surface area contributed by atoms with E-state index in [9.17, 15) is 0 Å². The van der Waals surface area contributed by atoms with Crippen LogP contribution in [0.2, 0.25) is 0 Å². The summed E-state index contributed by atoms with van der Waals surface area (Å²) >= 11 is 0. The highest BCUT2D eigenvalue weighted by molar-refractivity contribution is 5.31. The van der Waals surface area contributed by atoms with Gasteiger partial charge in [-0.2, -0.15) is 5.26 Å². The molecule has 1 heterocycles. The third kappa shape index (κ3) is 6.69. The van der Waals surface area contributed by atoms with Crippen LogP contribution in [0.5, 0.6) is 5.75 Å². The Kier molecular flexibility index (Phi) is 7.67. The van der Waals surface area contributed by atoms with Crippen LogP contribution in [0.15, 0.2) is 54.6 Å². The molecular formula is C22H27N3O2. The number of benzene rings is 2. The molecule has 0 saturated carbocycles. The van der Waals surface area contributed by atoms with Crippen LogP contribution >= 0.6 is 0 Å². The highest BCUT2D eigenvalue weighted by Crippen LogP contribution is 2.10. The topological polar surface area (TPSA) is 48.7 Å². The molecule has 0 N–H and O–H groups in total. The van der Waals surface area contributed by atoms with Gasteiger partial charge in [-0.15, -0.1) is 0 Å². The lowest BCUT2D eigenvalue weighted by molar-refractivity contribution is 0.0602. The minimum absolute atomic E-state index is 0.586. The summed E-state index contributed by atoms with van der Waals surface area (Å²) in [5.74, 6) is 0.888. The molecule has 2 aromatic carbocycles. The number of para-hydroxylation sites is 1. The second-order valence-electron chi connectivity index (χ2n) is 6.70. The predicted molar refractivity (Wildman–Crippen MR) is 106 cm³/mol. The summed E-state index contributed by atoms with van der Waals surface area (Å²) in [6.07, 6.45) is 0. The van der Waals surface area contributed by atoms with Gasteiger partial charge in [0.25, 0.3) is 0 Å². The van der Waals surface area contributed by atoms with E-state index in [1.165, 1.54) is 5.56 Å². The molecule has 1 fully saturated rings. The van der Waals surface area contributed by atoms with E-state index in [0.717, 1.165) is 57.2 Å². The Hall–Kier alpha value is -2.39. The van der Waals surface area contributed by atoms with Crippen molar-refractivity contribution in [3.8, 4) is 11.8 Å². The van der Waals surface area contributed by atoms with E-state index in [0.29, 0.717) is 13.2 Å². The Morgan fingerprint density at radius 2 is 1.52 bits per heavy atom. The molecule has 0 atom stereocenters. The van der Waals surface area contributed by atoms with Gasteiger partial charge >= 0.3 is 0 Å². The molecule has 1 saturated heterocycles. The van der Waals surface area contributed by atoms with Gasteiger partial charge < -0.3 is 9.47 Å². The third-order valence-corrected chi connectivity index (χ3v) is 4.75. The SMILES string of the molecule is N#Cc1ccc(CN2CCN(CCOCCOc3ccccc3)CC2)cc1. The van der Waals surface area contributed by atoms with E-state index >= 15 is 0 Å². The molecule has 5 nitrogen and oxygen atoms in total. The number of piperazine rings is 1. The number of hydrogen-bond acceptors (Lipinski definition) is 5. The normalized spacial score (nSPS) is 15.4. The monoisotopic (exact) mass is 365 g/mol. The lowest BCUT2D eigenvalue weighted by Gasteiger charge is -2.34. The minimum atomic E-state index is 0.586. The van der Waals surface area contributed by atoms with Crippen molar-refractivity contribution in [3.63, 3.8) is 0 Å². The molecule has 0 bridgehead atoms. The molecular weight excluding hydrogens is 338 g/mol. The molecule has 2 aromatic rings. The lowest BCUT2D eigenvalue weighted by atomic mass is 10.1. The van der Waals surface area contributed by atoms with Crippen molar-refractivity contribution >= 4 is 0 Å². The van der Waals surface area contributed by atoms with Crippen LogP contribution in [0.4, 0.5) is 0 Å². The first-order valence-electron chi connectivity index (χ1n) is 9.53. The maximum atomic E-state index is 8.87. The molecule has 0 aliphatic carbocycles. The molecule has 0 aromatic heterocycles. The van der Waals surface area contributed by atoms with Crippen LogP contribution in [-0.4, -0.2) is 62.3 Å². The molecule has 142 valence electrons. The summed E-state index contributed by atoms with van der Waals surface area (Å²) in [5.41, 5.74) is 1.99. The molecule has 0 spiro atoms. The molecule has 0 radical (unpaired) electrons. The number of ether oxygens (including phenoxy) is 2. The molecule has 3 rings (SSSR count). The third-order valence-electron chi connectivity index (χ3n) is 4.75. The maximum Gasteiger partial charge on any atom is 0.119 e. The summed E-state index contributed by atoms with van der Waals surface area (Å²) < 4.78 is 11.3. The highest BCUT2D eigenvalue weighted by atomic mass is 16.5. The zero-order valence-corrected chi connectivity index (χ0v) is 15.7. The Labute approximate surface area is 161 Å². The first kappa shape index (κ1) is 19.4. The van der Waals surface area contributed by atoms with Gasteiger partial charge in [0.05, 0.1) is 24.8 Å². The van der Waals surface area contributed by atoms with E-state index in [-0.39, 0.29) is 0 Å². The van der Waals surface area contributed by atoms with Gasteiger partial charge in [-0.25, -0.2) is 0 Å². The minimum Gasteiger partial charge on any atom is -0.491 e. The Morgan fingerprint density at radius 1 is 0.815 bits per heavy atom. The average molecular weight is 365 g/mol. The molecule has 0 amide bonds. The highest BCUT2D eigenvalue weighted by Gasteiger charge is 2.16. The van der Waals surface area contributed by atoms with Crippen LogP contribution in [0.25, 0.3) is 0 Å². The summed E-state index contributed by atoms with van der Waals surface area (Å²) in [6, 6.07) is 19.9. The van der Waals surface area contributed by atoms with Crippen LogP contribution in [0.3, 0.4) is 0 Å². The number of rotatable bonds is 9. The van der Waals surface area contributed by atoms with Gasteiger partial charge in [-0.3, -0.25) is 9.80 Å². The van der Waals surface area contributed by atoms with Gasteiger partial charge in [0.15, 0.2) is 0 Å². The van der Waals surface area contributed by atoms with Crippen molar-refractivity contribution in [2.45, 2.75) is 6.54 Å². The van der Waals surface area contributed by atoms with Crippen molar-refractivity contribution in [2.75, 3.05) is 52.5 Å². The molecule has 27 heavy (non-hydrogen) atoms. The number of nitrogens with zero attached hydrogens (tertiary/aromatic N) is 3. The van der Waals surface area contributed by atoms with Crippen molar-refractivity contribution in [1.29, 1.82) is 5.26 Å². The van der Waals surface area contributed by atoms with Crippen molar-refractivity contribution < 1.29 is 9.47 Å². The molecule has 0 unspecified atom stereocenters. The summed E-state index contributed by atoms with van der Waals surface area (Å²) in [7, 11) is 0. The maximum absolute atomic E-state index is 8.87. The van der Waals surface area contributed by atoms with E-state index < -0.39 is 0 Å². The van der Waals surface area contributed by atoms with Crippen LogP contribution in [-0.2, 0) is 11.3 Å². The average Bonchev–Trinajstić information content (AvgIpc) is 2.73. The van der Waals surface area contributed by atoms with E-state index in [1.807, 2.05) is 42.5 Å². The van der Waals surface area contributed by atoms with E-state index in [2.05, 4.69) is 28.0 Å².